The van der Waals surface area contributed by atoms with Crippen LogP contribution in [0.25, 0.3) is 0 Å². The molecule has 0 aliphatic rings. The van der Waals surface area contributed by atoms with Crippen LogP contribution >= 0.6 is 11.6 Å². The van der Waals surface area contributed by atoms with Crippen LogP contribution in [-0.2, 0) is 11.3 Å². The lowest BCUT2D eigenvalue weighted by atomic mass is 10.2. The SMILES string of the molecule is O=C(CCCl)NCc1cccc([N+](=O)[O-])c1. The molecule has 0 spiro atoms. The van der Waals surface area contributed by atoms with Crippen LogP contribution in [0.5, 0.6) is 0 Å². The number of nitrogens with one attached hydrogen (secondary N) is 1. The number of halogens is 1. The number of alkyl halides is 1. The molecule has 1 rings (SSSR count). The number of carbonyl (C=O) groups is 1. The topological polar surface area (TPSA) is 72.2 Å². The fourth-order valence-corrected chi connectivity index (χ4v) is 1.33. The van der Waals surface area contributed by atoms with Gasteiger partial charge in [-0.3, -0.25) is 14.9 Å². The van der Waals surface area contributed by atoms with Crippen molar-refractivity contribution < 1.29 is 9.72 Å². The van der Waals surface area contributed by atoms with Crippen molar-refractivity contribution in [2.45, 2.75) is 13.0 Å². The normalized spacial score (nSPS) is 9.81. The molecule has 1 amide bonds. The first-order valence-electron chi connectivity index (χ1n) is 4.69. The van der Waals surface area contributed by atoms with E-state index in [1.807, 2.05) is 0 Å². The second kappa shape index (κ2) is 6.07. The van der Waals surface area contributed by atoms with Gasteiger partial charge in [0.25, 0.3) is 5.69 Å². The molecule has 0 bridgehead atoms. The van der Waals surface area contributed by atoms with Gasteiger partial charge in [0.15, 0.2) is 0 Å². The van der Waals surface area contributed by atoms with Crippen molar-refractivity contribution in [2.75, 3.05) is 5.88 Å². The Hall–Kier alpha value is -1.62. The standard InChI is InChI=1S/C10H11ClN2O3/c11-5-4-10(14)12-7-8-2-1-3-9(6-8)13(15)16/h1-3,6H,4-5,7H2,(H,12,14). The van der Waals surface area contributed by atoms with Crippen LogP contribution in [-0.4, -0.2) is 16.7 Å². The molecule has 16 heavy (non-hydrogen) atoms. The molecule has 5 nitrogen and oxygen atoms in total. The number of benzene rings is 1. The summed E-state index contributed by atoms with van der Waals surface area (Å²) in [6, 6.07) is 6.14. The van der Waals surface area contributed by atoms with Crippen molar-refractivity contribution in [3.05, 3.63) is 39.9 Å². The molecule has 1 N–H and O–H groups in total. The van der Waals surface area contributed by atoms with Crippen LogP contribution < -0.4 is 5.32 Å². The smallest absolute Gasteiger partial charge is 0.269 e. The summed E-state index contributed by atoms with van der Waals surface area (Å²) < 4.78 is 0. The van der Waals surface area contributed by atoms with Crippen molar-refractivity contribution in [3.8, 4) is 0 Å². The van der Waals surface area contributed by atoms with Crippen LogP contribution in [0.1, 0.15) is 12.0 Å². The van der Waals surface area contributed by atoms with Crippen LogP contribution in [0, 0.1) is 10.1 Å². The van der Waals surface area contributed by atoms with Gasteiger partial charge in [-0.2, -0.15) is 0 Å². The molecule has 6 heteroatoms. The van der Waals surface area contributed by atoms with Gasteiger partial charge in [0.2, 0.25) is 5.91 Å². The third-order valence-electron chi connectivity index (χ3n) is 1.93. The molecule has 86 valence electrons. The lowest BCUT2D eigenvalue weighted by Crippen LogP contribution is -2.22. The largest absolute Gasteiger partial charge is 0.352 e. The molecule has 0 fully saturated rings. The zero-order valence-corrected chi connectivity index (χ0v) is 9.24. The Kier molecular flexibility index (Phi) is 4.72. The molecule has 0 saturated carbocycles. The highest BCUT2D eigenvalue weighted by molar-refractivity contribution is 6.18. The van der Waals surface area contributed by atoms with Gasteiger partial charge in [-0.15, -0.1) is 11.6 Å². The first kappa shape index (κ1) is 12.4. The number of carbonyl (C=O) groups excluding carboxylic acids is 1. The third kappa shape index (κ3) is 3.86. The highest BCUT2D eigenvalue weighted by Gasteiger charge is 2.06. The van der Waals surface area contributed by atoms with E-state index in [1.54, 1.807) is 12.1 Å². The van der Waals surface area contributed by atoms with Crippen molar-refractivity contribution in [1.82, 2.24) is 5.32 Å². The number of nitro benzene ring substituents is 1. The van der Waals surface area contributed by atoms with Crippen molar-refractivity contribution in [1.29, 1.82) is 0 Å². The minimum absolute atomic E-state index is 0.0177. The molecular formula is C10H11ClN2O3. The molecule has 1 aromatic carbocycles. The molecule has 0 aliphatic carbocycles. The summed E-state index contributed by atoms with van der Waals surface area (Å²) in [6.45, 7) is 0.275. The van der Waals surface area contributed by atoms with Crippen molar-refractivity contribution in [3.63, 3.8) is 0 Å². The highest BCUT2D eigenvalue weighted by Crippen LogP contribution is 2.12. The summed E-state index contributed by atoms with van der Waals surface area (Å²) >= 11 is 5.39. The maximum Gasteiger partial charge on any atom is 0.269 e. The molecule has 0 aromatic heterocycles. The van der Waals surface area contributed by atoms with Gasteiger partial charge in [-0.05, 0) is 5.56 Å². The second-order valence-electron chi connectivity index (χ2n) is 3.14. The van der Waals surface area contributed by atoms with E-state index in [-0.39, 0.29) is 30.4 Å². The summed E-state index contributed by atoms with van der Waals surface area (Å²) in [6.07, 6.45) is 0.247. The fourth-order valence-electron chi connectivity index (χ4n) is 1.15. The fraction of sp³-hybridized carbons (Fsp3) is 0.300. The van der Waals surface area contributed by atoms with Crippen molar-refractivity contribution in [2.24, 2.45) is 0 Å². The van der Waals surface area contributed by atoms with Gasteiger partial charge in [0, 0.05) is 31.0 Å². The summed E-state index contributed by atoms with van der Waals surface area (Å²) in [5.41, 5.74) is 0.709. The molecule has 0 atom stereocenters. The lowest BCUT2D eigenvalue weighted by Gasteiger charge is -2.03. The minimum Gasteiger partial charge on any atom is -0.352 e. The molecule has 0 heterocycles. The van der Waals surface area contributed by atoms with Gasteiger partial charge in [-0.25, -0.2) is 0 Å². The highest BCUT2D eigenvalue weighted by atomic mass is 35.5. The van der Waals surface area contributed by atoms with Gasteiger partial charge < -0.3 is 5.32 Å². The Morgan fingerprint density at radius 2 is 2.25 bits per heavy atom. The average molecular weight is 243 g/mol. The number of non-ortho nitro benzene ring substituents is 1. The van der Waals surface area contributed by atoms with E-state index in [9.17, 15) is 14.9 Å². The minimum atomic E-state index is -0.468. The maximum atomic E-state index is 11.1. The van der Waals surface area contributed by atoms with Gasteiger partial charge in [0.05, 0.1) is 4.92 Å². The van der Waals surface area contributed by atoms with E-state index in [0.717, 1.165) is 0 Å². The Bertz CT molecular complexity index is 395. The monoisotopic (exact) mass is 242 g/mol. The van der Waals surface area contributed by atoms with E-state index in [1.165, 1.54) is 12.1 Å². The summed E-state index contributed by atoms with van der Waals surface area (Å²) in [5.74, 6) is 0.0994. The van der Waals surface area contributed by atoms with Gasteiger partial charge in [0.1, 0.15) is 0 Å². The van der Waals surface area contributed by atoms with Crippen molar-refractivity contribution >= 4 is 23.2 Å². The Balaban J connectivity index is 2.57. The van der Waals surface area contributed by atoms with E-state index in [4.69, 9.17) is 11.6 Å². The Morgan fingerprint density at radius 1 is 1.50 bits per heavy atom. The quantitative estimate of drug-likeness (QED) is 0.486. The molecule has 0 unspecified atom stereocenters. The van der Waals surface area contributed by atoms with Crippen LogP contribution in [0.2, 0.25) is 0 Å². The Morgan fingerprint density at radius 3 is 2.88 bits per heavy atom. The summed E-state index contributed by atoms with van der Waals surface area (Å²) in [5, 5.41) is 13.1. The molecule has 0 radical (unpaired) electrons. The van der Waals surface area contributed by atoms with E-state index in [2.05, 4.69) is 5.32 Å². The molecule has 0 aliphatic heterocycles. The van der Waals surface area contributed by atoms with E-state index < -0.39 is 4.92 Å². The van der Waals surface area contributed by atoms with Crippen LogP contribution in [0.4, 0.5) is 5.69 Å². The predicted octanol–water partition coefficient (Wildman–Crippen LogP) is 1.84. The third-order valence-corrected chi connectivity index (χ3v) is 2.12. The van der Waals surface area contributed by atoms with Crippen LogP contribution in [0.3, 0.4) is 0 Å². The number of rotatable bonds is 5. The van der Waals surface area contributed by atoms with Crippen LogP contribution in [0.15, 0.2) is 24.3 Å². The predicted molar refractivity (Wildman–Crippen MR) is 60.3 cm³/mol. The number of nitrogens with zero attached hydrogens (tertiary/aromatic N) is 1. The zero-order valence-electron chi connectivity index (χ0n) is 8.48. The number of hydrogen-bond donors (Lipinski definition) is 1. The number of nitro groups is 1. The summed E-state index contributed by atoms with van der Waals surface area (Å²) in [4.78, 5) is 21.1. The lowest BCUT2D eigenvalue weighted by molar-refractivity contribution is -0.384. The van der Waals surface area contributed by atoms with E-state index >= 15 is 0 Å². The Labute approximate surface area is 97.6 Å². The van der Waals surface area contributed by atoms with Gasteiger partial charge in [-0.1, -0.05) is 12.1 Å². The molecule has 1 aromatic rings. The zero-order chi connectivity index (χ0) is 12.0. The summed E-state index contributed by atoms with van der Waals surface area (Å²) in [7, 11) is 0. The van der Waals surface area contributed by atoms with E-state index in [0.29, 0.717) is 5.56 Å². The first-order chi connectivity index (χ1) is 7.63. The molecular weight excluding hydrogens is 232 g/mol. The first-order valence-corrected chi connectivity index (χ1v) is 5.23. The molecule has 0 saturated heterocycles. The number of amides is 1. The maximum absolute atomic E-state index is 11.1. The average Bonchev–Trinajstić information content (AvgIpc) is 2.27. The second-order valence-corrected chi connectivity index (χ2v) is 3.52. The number of hydrogen-bond acceptors (Lipinski definition) is 3. The van der Waals surface area contributed by atoms with Gasteiger partial charge >= 0.3 is 0 Å².